The second-order valence-corrected chi connectivity index (χ2v) is 5.93. The van der Waals surface area contributed by atoms with Crippen LogP contribution in [0.25, 0.3) is 0 Å². The van der Waals surface area contributed by atoms with Gasteiger partial charge in [0.2, 0.25) is 0 Å². The van der Waals surface area contributed by atoms with Crippen molar-refractivity contribution in [2.45, 2.75) is 58.0 Å². The molecule has 0 radical (unpaired) electrons. The van der Waals surface area contributed by atoms with Gasteiger partial charge < -0.3 is 10.4 Å². The van der Waals surface area contributed by atoms with E-state index in [1.54, 1.807) is 0 Å². The molecular formula is C17H29N3O. The van der Waals surface area contributed by atoms with Crippen LogP contribution in [0.1, 0.15) is 51.1 Å². The zero-order valence-corrected chi connectivity index (χ0v) is 13.2. The summed E-state index contributed by atoms with van der Waals surface area (Å²) in [5, 5.41) is 12.7. The summed E-state index contributed by atoms with van der Waals surface area (Å²) in [6.45, 7) is 4.93. The first-order valence-electron chi connectivity index (χ1n) is 8.38. The van der Waals surface area contributed by atoms with E-state index in [9.17, 15) is 5.11 Å². The van der Waals surface area contributed by atoms with E-state index in [1.807, 2.05) is 6.07 Å². The molecule has 1 aliphatic rings. The first kappa shape index (κ1) is 16.2. The molecule has 1 saturated carbocycles. The number of anilines is 1. The van der Waals surface area contributed by atoms with E-state index in [0.717, 1.165) is 37.6 Å². The normalized spacial score (nSPS) is 16.3. The molecule has 0 amide bonds. The predicted molar refractivity (Wildman–Crippen MR) is 87.4 cm³/mol. The van der Waals surface area contributed by atoms with Gasteiger partial charge in [0.1, 0.15) is 5.82 Å². The Kier molecular flexibility index (Phi) is 6.96. The van der Waals surface area contributed by atoms with Gasteiger partial charge in [-0.2, -0.15) is 0 Å². The Labute approximate surface area is 128 Å². The second-order valence-electron chi connectivity index (χ2n) is 5.93. The monoisotopic (exact) mass is 291 g/mol. The molecule has 0 unspecified atom stereocenters. The third-order valence-corrected chi connectivity index (χ3v) is 4.21. The van der Waals surface area contributed by atoms with Crippen molar-refractivity contribution in [3.05, 3.63) is 23.9 Å². The first-order chi connectivity index (χ1) is 10.3. The van der Waals surface area contributed by atoms with Crippen LogP contribution in [0.3, 0.4) is 0 Å². The minimum atomic E-state index is 0.226. The van der Waals surface area contributed by atoms with E-state index in [1.165, 1.54) is 32.1 Å². The average Bonchev–Trinajstić information content (AvgIpc) is 2.54. The maximum absolute atomic E-state index is 9.34. The molecule has 1 aliphatic carbocycles. The molecule has 21 heavy (non-hydrogen) atoms. The SMILES string of the molecule is CCCNc1cccc(CN(CCO)C2CCCCC2)n1. The van der Waals surface area contributed by atoms with Crippen LogP contribution in [0, 0.1) is 0 Å². The highest BCUT2D eigenvalue weighted by Gasteiger charge is 2.21. The maximum Gasteiger partial charge on any atom is 0.126 e. The highest BCUT2D eigenvalue weighted by Crippen LogP contribution is 2.23. The van der Waals surface area contributed by atoms with Crippen LogP contribution in [-0.4, -0.2) is 40.7 Å². The number of aliphatic hydroxyl groups is 1. The fourth-order valence-corrected chi connectivity index (χ4v) is 3.09. The molecule has 1 heterocycles. The number of nitrogens with zero attached hydrogens (tertiary/aromatic N) is 2. The lowest BCUT2D eigenvalue weighted by molar-refractivity contribution is 0.116. The van der Waals surface area contributed by atoms with Crippen LogP contribution in [0.4, 0.5) is 5.82 Å². The van der Waals surface area contributed by atoms with Crippen LogP contribution in [0.2, 0.25) is 0 Å². The zero-order chi connectivity index (χ0) is 14.9. The van der Waals surface area contributed by atoms with Gasteiger partial charge in [0.15, 0.2) is 0 Å². The molecule has 118 valence electrons. The standard InChI is InChI=1S/C17H29N3O/c1-2-11-18-17-10-6-7-15(19-17)14-20(12-13-21)16-8-4-3-5-9-16/h6-7,10,16,21H,2-5,8-9,11-14H2,1H3,(H,18,19). The van der Waals surface area contributed by atoms with E-state index < -0.39 is 0 Å². The Morgan fingerprint density at radius 2 is 2.10 bits per heavy atom. The number of rotatable bonds is 8. The Morgan fingerprint density at radius 3 is 2.81 bits per heavy atom. The molecule has 4 nitrogen and oxygen atoms in total. The molecule has 1 aromatic heterocycles. The third-order valence-electron chi connectivity index (χ3n) is 4.21. The number of aromatic nitrogens is 1. The molecule has 0 bridgehead atoms. The van der Waals surface area contributed by atoms with Gasteiger partial charge in [-0.3, -0.25) is 4.90 Å². The molecule has 2 N–H and O–H groups in total. The molecule has 4 heteroatoms. The van der Waals surface area contributed by atoms with Gasteiger partial charge in [0.25, 0.3) is 0 Å². The maximum atomic E-state index is 9.34. The highest BCUT2D eigenvalue weighted by atomic mass is 16.3. The van der Waals surface area contributed by atoms with Gasteiger partial charge in [-0.25, -0.2) is 4.98 Å². The summed E-state index contributed by atoms with van der Waals surface area (Å²) in [6.07, 6.45) is 7.61. The lowest BCUT2D eigenvalue weighted by Gasteiger charge is -2.33. The molecule has 2 rings (SSSR count). The summed E-state index contributed by atoms with van der Waals surface area (Å²) >= 11 is 0. The van der Waals surface area contributed by atoms with Crippen LogP contribution >= 0.6 is 0 Å². The summed E-state index contributed by atoms with van der Waals surface area (Å²) in [5.74, 6) is 0.960. The lowest BCUT2D eigenvalue weighted by Crippen LogP contribution is -2.38. The van der Waals surface area contributed by atoms with Crippen molar-refractivity contribution < 1.29 is 5.11 Å². The molecule has 1 fully saturated rings. The number of hydrogen-bond acceptors (Lipinski definition) is 4. The molecule has 1 aromatic rings. The minimum absolute atomic E-state index is 0.226. The number of aliphatic hydroxyl groups excluding tert-OH is 1. The third kappa shape index (κ3) is 5.29. The van der Waals surface area contributed by atoms with Crippen molar-refractivity contribution in [2.75, 3.05) is 25.0 Å². The number of pyridine rings is 1. The van der Waals surface area contributed by atoms with Crippen molar-refractivity contribution in [1.82, 2.24) is 9.88 Å². The fraction of sp³-hybridized carbons (Fsp3) is 0.706. The summed E-state index contributed by atoms with van der Waals surface area (Å²) in [6, 6.07) is 6.79. The Bertz CT molecular complexity index is 405. The minimum Gasteiger partial charge on any atom is -0.395 e. The largest absolute Gasteiger partial charge is 0.395 e. The summed E-state index contributed by atoms with van der Waals surface area (Å²) in [4.78, 5) is 7.10. The first-order valence-corrected chi connectivity index (χ1v) is 8.38. The average molecular weight is 291 g/mol. The smallest absolute Gasteiger partial charge is 0.126 e. The van der Waals surface area contributed by atoms with E-state index in [4.69, 9.17) is 4.98 Å². The van der Waals surface area contributed by atoms with Crippen LogP contribution in [0.5, 0.6) is 0 Å². The van der Waals surface area contributed by atoms with Gasteiger partial charge in [-0.05, 0) is 31.4 Å². The molecule has 0 atom stereocenters. The van der Waals surface area contributed by atoms with Crippen LogP contribution in [-0.2, 0) is 6.54 Å². The van der Waals surface area contributed by atoms with E-state index in [0.29, 0.717) is 6.04 Å². The predicted octanol–water partition coefficient (Wildman–Crippen LogP) is 3.03. The molecule has 0 aliphatic heterocycles. The van der Waals surface area contributed by atoms with Crippen molar-refractivity contribution in [3.8, 4) is 0 Å². The molecule has 0 saturated heterocycles. The van der Waals surface area contributed by atoms with E-state index in [2.05, 4.69) is 29.3 Å². The number of nitrogens with one attached hydrogen (secondary N) is 1. The molecular weight excluding hydrogens is 262 g/mol. The van der Waals surface area contributed by atoms with Crippen LogP contribution in [0.15, 0.2) is 18.2 Å². The quantitative estimate of drug-likeness (QED) is 0.773. The summed E-state index contributed by atoms with van der Waals surface area (Å²) < 4.78 is 0. The molecule has 0 aromatic carbocycles. The second kappa shape index (κ2) is 9.00. The highest BCUT2D eigenvalue weighted by molar-refractivity contribution is 5.35. The lowest BCUT2D eigenvalue weighted by atomic mass is 9.94. The van der Waals surface area contributed by atoms with Gasteiger partial charge in [0, 0.05) is 25.7 Å². The van der Waals surface area contributed by atoms with Gasteiger partial charge >= 0.3 is 0 Å². The fourth-order valence-electron chi connectivity index (χ4n) is 3.09. The van der Waals surface area contributed by atoms with E-state index >= 15 is 0 Å². The topological polar surface area (TPSA) is 48.4 Å². The van der Waals surface area contributed by atoms with Gasteiger partial charge in [0.05, 0.1) is 12.3 Å². The van der Waals surface area contributed by atoms with Crippen molar-refractivity contribution in [1.29, 1.82) is 0 Å². The van der Waals surface area contributed by atoms with E-state index in [-0.39, 0.29) is 6.61 Å². The van der Waals surface area contributed by atoms with Gasteiger partial charge in [-0.15, -0.1) is 0 Å². The Balaban J connectivity index is 1.98. The number of hydrogen-bond donors (Lipinski definition) is 2. The Hall–Kier alpha value is -1.13. The van der Waals surface area contributed by atoms with Crippen molar-refractivity contribution >= 4 is 5.82 Å². The Morgan fingerprint density at radius 1 is 1.29 bits per heavy atom. The summed E-state index contributed by atoms with van der Waals surface area (Å²) in [5.41, 5.74) is 1.09. The van der Waals surface area contributed by atoms with Gasteiger partial charge in [-0.1, -0.05) is 32.3 Å². The zero-order valence-electron chi connectivity index (χ0n) is 13.2. The van der Waals surface area contributed by atoms with Crippen molar-refractivity contribution in [2.24, 2.45) is 0 Å². The summed E-state index contributed by atoms with van der Waals surface area (Å²) in [7, 11) is 0. The van der Waals surface area contributed by atoms with Crippen LogP contribution < -0.4 is 5.32 Å². The molecule has 0 spiro atoms. The van der Waals surface area contributed by atoms with Crippen molar-refractivity contribution in [3.63, 3.8) is 0 Å².